The molecule has 9 heteroatoms. The number of halogens is 3. The van der Waals surface area contributed by atoms with E-state index in [0.29, 0.717) is 0 Å². The zero-order valence-corrected chi connectivity index (χ0v) is 10.4. The molecule has 6 nitrogen and oxygen atoms in total. The van der Waals surface area contributed by atoms with Gasteiger partial charge < -0.3 is 15.3 Å². The molecule has 2 heterocycles. The Morgan fingerprint density at radius 3 is 2.45 bits per heavy atom. The van der Waals surface area contributed by atoms with Crippen LogP contribution in [0.25, 0.3) is 0 Å². The lowest BCUT2D eigenvalue weighted by Crippen LogP contribution is -2.50. The average molecular weight is 294 g/mol. The van der Waals surface area contributed by atoms with E-state index in [1.807, 2.05) is 0 Å². The number of hydrogen-bond donors (Lipinski definition) is 2. The Balaban J connectivity index is 2.13. The van der Waals surface area contributed by atoms with Gasteiger partial charge in [-0.3, -0.25) is 14.4 Å². The van der Waals surface area contributed by atoms with Crippen molar-refractivity contribution in [3.63, 3.8) is 0 Å². The van der Waals surface area contributed by atoms with Crippen LogP contribution in [0.3, 0.4) is 0 Å². The van der Waals surface area contributed by atoms with Gasteiger partial charge in [-0.2, -0.15) is 13.2 Å². The van der Waals surface area contributed by atoms with Gasteiger partial charge in [-0.25, -0.2) is 0 Å². The molecule has 0 aliphatic carbocycles. The second-order valence-electron chi connectivity index (χ2n) is 5.05. The van der Waals surface area contributed by atoms with E-state index >= 15 is 0 Å². The predicted octanol–water partition coefficient (Wildman–Crippen LogP) is 0.131. The number of carbonyl (C=O) groups excluding carboxylic acids is 2. The van der Waals surface area contributed by atoms with E-state index in [0.717, 1.165) is 4.90 Å². The van der Waals surface area contributed by atoms with E-state index in [9.17, 15) is 27.6 Å². The molecule has 2 aliphatic rings. The minimum absolute atomic E-state index is 0.146. The lowest BCUT2D eigenvalue weighted by atomic mass is 9.86. The molecule has 2 fully saturated rings. The summed E-state index contributed by atoms with van der Waals surface area (Å²) >= 11 is 0. The van der Waals surface area contributed by atoms with Crippen LogP contribution in [0.15, 0.2) is 0 Å². The van der Waals surface area contributed by atoms with Crippen molar-refractivity contribution in [3.8, 4) is 0 Å². The summed E-state index contributed by atoms with van der Waals surface area (Å²) in [6.07, 6.45) is -5.22. The first-order valence-corrected chi connectivity index (χ1v) is 6.06. The minimum Gasteiger partial charge on any atom is -0.481 e. The van der Waals surface area contributed by atoms with Crippen molar-refractivity contribution >= 4 is 17.8 Å². The number of amides is 2. The summed E-state index contributed by atoms with van der Waals surface area (Å²) in [4.78, 5) is 34.8. The molecule has 0 aromatic heterocycles. The highest BCUT2D eigenvalue weighted by Gasteiger charge is 2.64. The van der Waals surface area contributed by atoms with Crippen LogP contribution in [0.5, 0.6) is 0 Å². The van der Waals surface area contributed by atoms with E-state index in [1.54, 1.807) is 0 Å². The predicted molar refractivity (Wildman–Crippen MR) is 58.5 cm³/mol. The Labute approximate surface area is 111 Å². The summed E-state index contributed by atoms with van der Waals surface area (Å²) in [6, 6.07) is -0.847. The van der Waals surface area contributed by atoms with Crippen molar-refractivity contribution in [2.45, 2.75) is 31.5 Å². The van der Waals surface area contributed by atoms with E-state index < -0.39 is 42.5 Å². The number of carboxylic acids is 1. The maximum Gasteiger partial charge on any atom is 0.406 e. The molecule has 1 unspecified atom stereocenters. The van der Waals surface area contributed by atoms with Crippen LogP contribution in [-0.4, -0.2) is 53.1 Å². The van der Waals surface area contributed by atoms with Gasteiger partial charge >= 0.3 is 12.1 Å². The Bertz CT molecular complexity index is 465. The molecule has 2 atom stereocenters. The molecular formula is C11H13F3N2O4. The number of nitrogens with one attached hydrogen (secondary N) is 1. The smallest absolute Gasteiger partial charge is 0.406 e. The summed E-state index contributed by atoms with van der Waals surface area (Å²) in [5.41, 5.74) is -2.91. The van der Waals surface area contributed by atoms with Crippen molar-refractivity contribution in [2.75, 3.05) is 13.1 Å². The van der Waals surface area contributed by atoms with Crippen LogP contribution in [0.1, 0.15) is 19.3 Å². The molecule has 2 rings (SSSR count). The largest absolute Gasteiger partial charge is 0.481 e. The second kappa shape index (κ2) is 4.64. The fourth-order valence-corrected chi connectivity index (χ4v) is 2.54. The highest BCUT2D eigenvalue weighted by molar-refractivity contribution is 5.91. The topological polar surface area (TPSA) is 86.7 Å². The van der Waals surface area contributed by atoms with Gasteiger partial charge in [0.05, 0.1) is 0 Å². The Hall–Kier alpha value is -1.80. The van der Waals surface area contributed by atoms with Crippen molar-refractivity contribution in [1.82, 2.24) is 10.2 Å². The van der Waals surface area contributed by atoms with Gasteiger partial charge in [0.2, 0.25) is 11.8 Å². The number of nitrogens with zero attached hydrogens (tertiary/aromatic N) is 1. The fraction of sp³-hybridized carbons (Fsp3) is 0.727. The van der Waals surface area contributed by atoms with Crippen LogP contribution in [0.4, 0.5) is 13.2 Å². The minimum atomic E-state index is -4.92. The highest BCUT2D eigenvalue weighted by Crippen LogP contribution is 2.45. The molecule has 0 bridgehead atoms. The van der Waals surface area contributed by atoms with Crippen molar-refractivity contribution < 1.29 is 32.7 Å². The van der Waals surface area contributed by atoms with Gasteiger partial charge in [0.15, 0.2) is 5.41 Å². The number of carboxylic acid groups (broad SMARTS) is 1. The molecule has 20 heavy (non-hydrogen) atoms. The summed E-state index contributed by atoms with van der Waals surface area (Å²) in [6.45, 7) is -1.19. The van der Waals surface area contributed by atoms with Gasteiger partial charge in [0.25, 0.3) is 0 Å². The zero-order chi connectivity index (χ0) is 15.1. The Kier molecular flexibility index (Phi) is 3.39. The van der Waals surface area contributed by atoms with Crippen LogP contribution >= 0.6 is 0 Å². The molecule has 0 saturated carbocycles. The molecule has 0 spiro atoms. The molecule has 2 N–H and O–H groups in total. The van der Waals surface area contributed by atoms with Crippen LogP contribution in [0.2, 0.25) is 0 Å². The van der Waals surface area contributed by atoms with E-state index in [2.05, 4.69) is 5.32 Å². The van der Waals surface area contributed by atoms with Gasteiger partial charge in [-0.15, -0.1) is 0 Å². The first-order valence-electron chi connectivity index (χ1n) is 6.06. The van der Waals surface area contributed by atoms with Crippen molar-refractivity contribution in [2.24, 2.45) is 5.41 Å². The summed E-state index contributed by atoms with van der Waals surface area (Å²) in [5.74, 6) is -2.96. The maximum atomic E-state index is 13.0. The number of aliphatic carboxylic acids is 1. The van der Waals surface area contributed by atoms with Crippen LogP contribution in [0, 0.1) is 5.41 Å². The Morgan fingerprint density at radius 2 is 2.05 bits per heavy atom. The molecule has 0 aromatic rings. The number of likely N-dealkylation sites (tertiary alicyclic amines) is 1. The molecule has 2 saturated heterocycles. The Morgan fingerprint density at radius 1 is 1.40 bits per heavy atom. The summed E-state index contributed by atoms with van der Waals surface area (Å²) in [7, 11) is 0. The van der Waals surface area contributed by atoms with E-state index in [4.69, 9.17) is 5.11 Å². The van der Waals surface area contributed by atoms with Gasteiger partial charge in [-0.1, -0.05) is 0 Å². The standard InChI is InChI=1S/C11H13F3N2O4/c12-11(13,14)10(9(19)20)3-4-16(5-10)8(18)6-1-2-7(17)15-6/h6H,1-5H2,(H,15,17)(H,19,20)/t6-,10?/m1/s1. The van der Waals surface area contributed by atoms with Crippen molar-refractivity contribution in [3.05, 3.63) is 0 Å². The molecular weight excluding hydrogens is 281 g/mol. The summed E-state index contributed by atoms with van der Waals surface area (Å²) in [5, 5.41) is 11.2. The normalized spacial score (nSPS) is 30.4. The zero-order valence-electron chi connectivity index (χ0n) is 10.4. The van der Waals surface area contributed by atoms with Gasteiger partial charge in [0, 0.05) is 19.5 Å². The number of rotatable bonds is 2. The lowest BCUT2D eigenvalue weighted by Gasteiger charge is -2.27. The third-order valence-corrected chi connectivity index (χ3v) is 3.83. The molecule has 2 amide bonds. The second-order valence-corrected chi connectivity index (χ2v) is 5.05. The maximum absolute atomic E-state index is 13.0. The van der Waals surface area contributed by atoms with Crippen LogP contribution in [-0.2, 0) is 14.4 Å². The first kappa shape index (κ1) is 14.6. The van der Waals surface area contributed by atoms with E-state index in [1.165, 1.54) is 0 Å². The number of hydrogen-bond acceptors (Lipinski definition) is 3. The third kappa shape index (κ3) is 2.20. The summed E-state index contributed by atoms with van der Waals surface area (Å²) < 4.78 is 38.9. The highest BCUT2D eigenvalue weighted by atomic mass is 19.4. The first-order chi connectivity index (χ1) is 9.17. The van der Waals surface area contributed by atoms with Crippen molar-refractivity contribution in [1.29, 1.82) is 0 Å². The average Bonchev–Trinajstić information content (AvgIpc) is 2.93. The third-order valence-electron chi connectivity index (χ3n) is 3.83. The van der Waals surface area contributed by atoms with Gasteiger partial charge in [-0.05, 0) is 12.8 Å². The molecule has 2 aliphatic heterocycles. The van der Waals surface area contributed by atoms with Crippen LogP contribution < -0.4 is 5.32 Å². The lowest BCUT2D eigenvalue weighted by molar-refractivity contribution is -0.227. The monoisotopic (exact) mass is 294 g/mol. The number of alkyl halides is 3. The van der Waals surface area contributed by atoms with Gasteiger partial charge in [0.1, 0.15) is 6.04 Å². The number of carbonyl (C=O) groups is 3. The molecule has 0 aromatic carbocycles. The fourth-order valence-electron chi connectivity index (χ4n) is 2.54. The molecule has 0 radical (unpaired) electrons. The SMILES string of the molecule is O=C1CC[C@H](C(=O)N2CCC(C(=O)O)(C(F)(F)F)C2)N1. The molecule has 112 valence electrons. The van der Waals surface area contributed by atoms with E-state index in [-0.39, 0.29) is 25.3 Å². The quantitative estimate of drug-likeness (QED) is 0.758.